The molecule has 0 aliphatic carbocycles. The minimum absolute atomic E-state index is 0.00166. The highest BCUT2D eigenvalue weighted by Crippen LogP contribution is 2.26. The molecule has 1 N–H and O–H groups in total. The number of aromatic carboxylic acids is 1. The number of hydrogen-bond donors (Lipinski definition) is 1. The zero-order valence-corrected chi connectivity index (χ0v) is 13.5. The van der Waals surface area contributed by atoms with E-state index in [1.165, 1.54) is 6.20 Å². The van der Waals surface area contributed by atoms with Crippen LogP contribution in [0.3, 0.4) is 0 Å². The fourth-order valence-corrected chi connectivity index (χ4v) is 2.57. The summed E-state index contributed by atoms with van der Waals surface area (Å²) in [5.74, 6) is -0.484. The Kier molecular flexibility index (Phi) is 3.92. The van der Waals surface area contributed by atoms with Gasteiger partial charge >= 0.3 is 5.97 Å². The molecule has 3 rings (SSSR count). The molecule has 5 heteroatoms. The Labute approximate surface area is 139 Å². The summed E-state index contributed by atoms with van der Waals surface area (Å²) in [7, 11) is 0. The van der Waals surface area contributed by atoms with Gasteiger partial charge in [0.2, 0.25) is 0 Å². The van der Waals surface area contributed by atoms with Gasteiger partial charge < -0.3 is 5.11 Å². The minimum atomic E-state index is -1.06. The first kappa shape index (κ1) is 15.3. The second-order valence-electron chi connectivity index (χ2n) is 5.43. The molecular formula is C18H15ClN2O2. The molecule has 4 nitrogen and oxygen atoms in total. The van der Waals surface area contributed by atoms with Crippen molar-refractivity contribution in [1.82, 2.24) is 9.55 Å². The van der Waals surface area contributed by atoms with Crippen molar-refractivity contribution in [1.29, 1.82) is 0 Å². The van der Waals surface area contributed by atoms with E-state index in [0.717, 1.165) is 22.4 Å². The van der Waals surface area contributed by atoms with Crippen molar-refractivity contribution in [2.24, 2.45) is 0 Å². The van der Waals surface area contributed by atoms with Crippen LogP contribution < -0.4 is 0 Å². The van der Waals surface area contributed by atoms with E-state index >= 15 is 0 Å². The van der Waals surface area contributed by atoms with E-state index < -0.39 is 5.97 Å². The summed E-state index contributed by atoms with van der Waals surface area (Å²) in [5.41, 5.74) is 3.67. The summed E-state index contributed by atoms with van der Waals surface area (Å²) in [6.07, 6.45) is 1.51. The molecule has 0 aliphatic heterocycles. The smallest absolute Gasteiger partial charge is 0.356 e. The average Bonchev–Trinajstić information content (AvgIpc) is 2.95. The van der Waals surface area contributed by atoms with Gasteiger partial charge in [-0.3, -0.25) is 4.57 Å². The lowest BCUT2D eigenvalue weighted by molar-refractivity contribution is 0.0691. The summed E-state index contributed by atoms with van der Waals surface area (Å²) in [5, 5.41) is 9.90. The molecule has 0 radical (unpaired) electrons. The number of carboxylic acid groups (broad SMARTS) is 1. The van der Waals surface area contributed by atoms with Gasteiger partial charge in [0, 0.05) is 22.5 Å². The lowest BCUT2D eigenvalue weighted by Crippen LogP contribution is -1.97. The zero-order valence-electron chi connectivity index (χ0n) is 12.7. The maximum absolute atomic E-state index is 11.3. The Hall–Kier alpha value is -2.59. The van der Waals surface area contributed by atoms with Crippen LogP contribution >= 0.6 is 11.6 Å². The van der Waals surface area contributed by atoms with Crippen LogP contribution in [0, 0.1) is 13.8 Å². The van der Waals surface area contributed by atoms with Gasteiger partial charge in [0.1, 0.15) is 5.82 Å². The predicted molar refractivity (Wildman–Crippen MR) is 90.4 cm³/mol. The van der Waals surface area contributed by atoms with E-state index in [1.807, 2.05) is 56.3 Å². The van der Waals surface area contributed by atoms with Crippen molar-refractivity contribution < 1.29 is 9.90 Å². The van der Waals surface area contributed by atoms with E-state index in [-0.39, 0.29) is 5.69 Å². The monoisotopic (exact) mass is 326 g/mol. The van der Waals surface area contributed by atoms with Crippen molar-refractivity contribution in [3.8, 4) is 17.1 Å². The van der Waals surface area contributed by atoms with Crippen LogP contribution in [0.5, 0.6) is 0 Å². The average molecular weight is 327 g/mol. The molecule has 0 amide bonds. The standard InChI is InChI=1S/C18H15ClN2O2/c1-11-4-3-5-13(8-11)17-20-16(18(22)23)10-21(17)14-7-6-12(2)15(19)9-14/h3-10H,1-2H3,(H,22,23). The molecule has 0 saturated heterocycles. The second kappa shape index (κ2) is 5.89. The van der Waals surface area contributed by atoms with Crippen LogP contribution in [0.2, 0.25) is 5.02 Å². The number of rotatable bonds is 3. The van der Waals surface area contributed by atoms with Gasteiger partial charge in [0.05, 0.1) is 0 Å². The number of nitrogens with zero attached hydrogens (tertiary/aromatic N) is 2. The molecule has 1 aromatic heterocycles. The van der Waals surface area contributed by atoms with Gasteiger partial charge in [-0.05, 0) is 37.6 Å². The SMILES string of the molecule is Cc1cccc(-c2nc(C(=O)O)cn2-c2ccc(C)c(Cl)c2)c1. The summed E-state index contributed by atoms with van der Waals surface area (Å²) in [6, 6.07) is 13.4. The zero-order chi connectivity index (χ0) is 16.6. The Morgan fingerprint density at radius 2 is 1.96 bits per heavy atom. The van der Waals surface area contributed by atoms with Crippen LogP contribution in [-0.2, 0) is 0 Å². The third-order valence-electron chi connectivity index (χ3n) is 3.63. The Bertz CT molecular complexity index is 900. The molecule has 0 fully saturated rings. The molecular weight excluding hydrogens is 312 g/mol. The fraction of sp³-hybridized carbons (Fsp3) is 0.111. The van der Waals surface area contributed by atoms with Crippen LogP contribution in [-0.4, -0.2) is 20.6 Å². The number of hydrogen-bond acceptors (Lipinski definition) is 2. The normalized spacial score (nSPS) is 10.7. The quantitative estimate of drug-likeness (QED) is 0.770. The molecule has 1 heterocycles. The van der Waals surface area contributed by atoms with Crippen molar-refractivity contribution in [3.63, 3.8) is 0 Å². The third-order valence-corrected chi connectivity index (χ3v) is 4.04. The molecule has 0 spiro atoms. The molecule has 0 unspecified atom stereocenters. The van der Waals surface area contributed by atoms with Crippen LogP contribution in [0.4, 0.5) is 0 Å². The van der Waals surface area contributed by atoms with Crippen LogP contribution in [0.25, 0.3) is 17.1 Å². The number of benzene rings is 2. The van der Waals surface area contributed by atoms with E-state index in [9.17, 15) is 9.90 Å². The van der Waals surface area contributed by atoms with Gasteiger partial charge in [0.15, 0.2) is 5.69 Å². The molecule has 2 aromatic carbocycles. The number of aromatic nitrogens is 2. The van der Waals surface area contributed by atoms with E-state index in [4.69, 9.17) is 11.6 Å². The topological polar surface area (TPSA) is 55.1 Å². The summed E-state index contributed by atoms with van der Waals surface area (Å²) >= 11 is 6.21. The summed E-state index contributed by atoms with van der Waals surface area (Å²) in [4.78, 5) is 15.6. The van der Waals surface area contributed by atoms with Gasteiger partial charge in [-0.2, -0.15) is 0 Å². The minimum Gasteiger partial charge on any atom is -0.476 e. The van der Waals surface area contributed by atoms with Crippen molar-refractivity contribution >= 4 is 17.6 Å². The number of carboxylic acids is 1. The highest BCUT2D eigenvalue weighted by Gasteiger charge is 2.16. The largest absolute Gasteiger partial charge is 0.476 e. The van der Waals surface area contributed by atoms with Crippen molar-refractivity contribution in [2.75, 3.05) is 0 Å². The highest BCUT2D eigenvalue weighted by molar-refractivity contribution is 6.31. The Morgan fingerprint density at radius 3 is 2.61 bits per heavy atom. The van der Waals surface area contributed by atoms with Crippen molar-refractivity contribution in [2.45, 2.75) is 13.8 Å². The molecule has 0 saturated carbocycles. The first-order chi connectivity index (χ1) is 11.0. The maximum Gasteiger partial charge on any atom is 0.356 e. The van der Waals surface area contributed by atoms with E-state index in [0.29, 0.717) is 10.8 Å². The fourth-order valence-electron chi connectivity index (χ4n) is 2.40. The number of aryl methyl sites for hydroxylation is 2. The molecule has 0 aliphatic rings. The van der Waals surface area contributed by atoms with Gasteiger partial charge in [-0.25, -0.2) is 9.78 Å². The maximum atomic E-state index is 11.3. The van der Waals surface area contributed by atoms with Gasteiger partial charge in [-0.1, -0.05) is 41.4 Å². The molecule has 116 valence electrons. The van der Waals surface area contributed by atoms with Gasteiger partial charge in [0.25, 0.3) is 0 Å². The number of carbonyl (C=O) groups is 1. The highest BCUT2D eigenvalue weighted by atomic mass is 35.5. The summed E-state index contributed by atoms with van der Waals surface area (Å²) in [6.45, 7) is 3.90. The lowest BCUT2D eigenvalue weighted by atomic mass is 10.1. The van der Waals surface area contributed by atoms with Gasteiger partial charge in [-0.15, -0.1) is 0 Å². The van der Waals surface area contributed by atoms with Crippen LogP contribution in [0.15, 0.2) is 48.7 Å². The molecule has 23 heavy (non-hydrogen) atoms. The lowest BCUT2D eigenvalue weighted by Gasteiger charge is -2.09. The first-order valence-electron chi connectivity index (χ1n) is 7.12. The molecule has 0 bridgehead atoms. The second-order valence-corrected chi connectivity index (χ2v) is 5.84. The third kappa shape index (κ3) is 2.98. The van der Waals surface area contributed by atoms with Crippen LogP contribution in [0.1, 0.15) is 21.6 Å². The number of halogens is 1. The Balaban J connectivity index is 2.22. The Morgan fingerprint density at radius 1 is 1.17 bits per heavy atom. The number of imidazole rings is 1. The van der Waals surface area contributed by atoms with Crippen molar-refractivity contribution in [3.05, 3.63) is 70.5 Å². The molecule has 0 atom stereocenters. The first-order valence-corrected chi connectivity index (χ1v) is 7.50. The van der Waals surface area contributed by atoms with E-state index in [1.54, 1.807) is 4.57 Å². The molecule has 3 aromatic rings. The summed E-state index contributed by atoms with van der Waals surface area (Å²) < 4.78 is 1.75. The van der Waals surface area contributed by atoms with E-state index in [2.05, 4.69) is 4.98 Å². The predicted octanol–water partition coefficient (Wildman–Crippen LogP) is 4.51.